The Labute approximate surface area is 200 Å². The molecule has 0 aliphatic carbocycles. The van der Waals surface area contributed by atoms with Crippen molar-refractivity contribution in [3.63, 3.8) is 0 Å². The zero-order valence-electron chi connectivity index (χ0n) is 18.8. The van der Waals surface area contributed by atoms with Gasteiger partial charge in [-0.25, -0.2) is 4.79 Å². The van der Waals surface area contributed by atoms with E-state index < -0.39 is 28.9 Å². The minimum atomic E-state index is -1.30. The number of amides is 4. The monoisotopic (exact) mass is 467 g/mol. The predicted molar refractivity (Wildman–Crippen MR) is 129 cm³/mol. The highest BCUT2D eigenvalue weighted by Crippen LogP contribution is 2.31. The molecule has 0 radical (unpaired) electrons. The van der Waals surface area contributed by atoms with Gasteiger partial charge in [0.25, 0.3) is 17.4 Å². The van der Waals surface area contributed by atoms with Gasteiger partial charge in [0, 0.05) is 5.39 Å². The number of hydrazine groups is 1. The van der Waals surface area contributed by atoms with E-state index in [0.29, 0.717) is 21.6 Å². The lowest BCUT2D eigenvalue weighted by atomic mass is 9.87. The van der Waals surface area contributed by atoms with Crippen molar-refractivity contribution in [1.82, 2.24) is 25.5 Å². The summed E-state index contributed by atoms with van der Waals surface area (Å²) in [5, 5.41) is 8.28. The quantitative estimate of drug-likeness (QED) is 0.438. The van der Waals surface area contributed by atoms with Crippen LogP contribution in [0.2, 0.25) is 0 Å². The number of aromatic nitrogens is 2. The van der Waals surface area contributed by atoms with Gasteiger partial charge in [-0.1, -0.05) is 73.7 Å². The Kier molecular flexibility index (Phi) is 5.37. The van der Waals surface area contributed by atoms with Crippen LogP contribution in [0.3, 0.4) is 0 Å². The Morgan fingerprint density at radius 3 is 2.14 bits per heavy atom. The second-order valence-corrected chi connectivity index (χ2v) is 8.08. The third-order valence-corrected chi connectivity index (χ3v) is 6.12. The van der Waals surface area contributed by atoms with Gasteiger partial charge in [-0.15, -0.1) is 0 Å². The van der Waals surface area contributed by atoms with Gasteiger partial charge in [0.05, 0.1) is 11.1 Å². The van der Waals surface area contributed by atoms with Crippen LogP contribution in [-0.2, 0) is 10.3 Å². The summed E-state index contributed by atoms with van der Waals surface area (Å²) in [6, 6.07) is 23.3. The molecular formula is C26H21N5O4. The van der Waals surface area contributed by atoms with E-state index in [4.69, 9.17) is 0 Å². The van der Waals surface area contributed by atoms with Gasteiger partial charge in [-0.2, -0.15) is 14.8 Å². The molecule has 2 heterocycles. The molecule has 1 atom stereocenters. The van der Waals surface area contributed by atoms with E-state index in [1.54, 1.807) is 85.8 Å². The van der Waals surface area contributed by atoms with Crippen LogP contribution in [-0.4, -0.2) is 32.6 Å². The number of fused-ring (bicyclic) bond motifs is 1. The summed E-state index contributed by atoms with van der Waals surface area (Å²) in [7, 11) is 0. The lowest BCUT2D eigenvalue weighted by Crippen LogP contribution is -2.49. The number of hydrogen-bond donors (Lipinski definition) is 2. The van der Waals surface area contributed by atoms with Crippen molar-refractivity contribution in [3.05, 3.63) is 107 Å². The van der Waals surface area contributed by atoms with E-state index in [9.17, 15) is 19.2 Å². The van der Waals surface area contributed by atoms with Gasteiger partial charge >= 0.3 is 6.03 Å². The summed E-state index contributed by atoms with van der Waals surface area (Å²) in [4.78, 5) is 52.7. The number of urea groups is 1. The van der Waals surface area contributed by atoms with Gasteiger partial charge in [0.15, 0.2) is 5.69 Å². The normalized spacial score (nSPS) is 17.5. The van der Waals surface area contributed by atoms with Gasteiger partial charge in [0.2, 0.25) is 0 Å². The summed E-state index contributed by atoms with van der Waals surface area (Å²) in [6.45, 7) is 1.78. The topological polar surface area (TPSA) is 113 Å². The second kappa shape index (κ2) is 8.53. The van der Waals surface area contributed by atoms with Crippen molar-refractivity contribution in [3.8, 4) is 5.69 Å². The Hall–Kier alpha value is -4.79. The number of carbonyl (C=O) groups excluding carboxylic acids is 3. The number of hydrogen-bond acceptors (Lipinski definition) is 5. The minimum absolute atomic E-state index is 0.0987. The van der Waals surface area contributed by atoms with Crippen LogP contribution in [0.1, 0.15) is 29.4 Å². The number of rotatable bonds is 5. The molecule has 174 valence electrons. The predicted octanol–water partition coefficient (Wildman–Crippen LogP) is 2.89. The zero-order chi connectivity index (χ0) is 24.6. The molecule has 4 aromatic rings. The molecule has 0 bridgehead atoms. The maximum absolute atomic E-state index is 13.4. The Balaban J connectivity index is 1.55. The smallest absolute Gasteiger partial charge is 0.318 e. The molecule has 3 aromatic carbocycles. The van der Waals surface area contributed by atoms with Crippen LogP contribution in [0.4, 0.5) is 4.79 Å². The SMILES string of the molecule is CCC1(c2ccccc2)NC(=O)N(NC(=O)c2nn(-c3ccccc3)c(=O)c3ccccc23)C1=O. The number of carbonyl (C=O) groups is 3. The molecule has 1 aliphatic rings. The third kappa shape index (κ3) is 3.54. The van der Waals surface area contributed by atoms with E-state index in [2.05, 4.69) is 15.8 Å². The van der Waals surface area contributed by atoms with Gasteiger partial charge in [-0.05, 0) is 30.2 Å². The van der Waals surface area contributed by atoms with Crippen LogP contribution in [0.5, 0.6) is 0 Å². The summed E-state index contributed by atoms with van der Waals surface area (Å²) in [6.07, 6.45) is 0.286. The molecule has 1 aromatic heterocycles. The average Bonchev–Trinajstić information content (AvgIpc) is 3.15. The molecule has 5 rings (SSSR count). The first-order chi connectivity index (χ1) is 17.0. The molecular weight excluding hydrogens is 446 g/mol. The molecule has 9 heteroatoms. The number of nitrogens with one attached hydrogen (secondary N) is 2. The molecule has 1 saturated heterocycles. The van der Waals surface area contributed by atoms with E-state index in [0.717, 1.165) is 4.68 Å². The van der Waals surface area contributed by atoms with Gasteiger partial charge in [-0.3, -0.25) is 19.8 Å². The summed E-state index contributed by atoms with van der Waals surface area (Å²) in [5.41, 5.74) is 1.69. The fourth-order valence-corrected chi connectivity index (χ4v) is 4.29. The largest absolute Gasteiger partial charge is 0.344 e. The fourth-order valence-electron chi connectivity index (χ4n) is 4.29. The molecule has 1 unspecified atom stereocenters. The Morgan fingerprint density at radius 1 is 0.886 bits per heavy atom. The van der Waals surface area contributed by atoms with Crippen molar-refractivity contribution in [2.45, 2.75) is 18.9 Å². The summed E-state index contributed by atoms with van der Waals surface area (Å²) < 4.78 is 1.13. The molecule has 2 N–H and O–H groups in total. The second-order valence-electron chi connectivity index (χ2n) is 8.08. The number of imide groups is 1. The molecule has 0 saturated carbocycles. The molecule has 1 fully saturated rings. The summed E-state index contributed by atoms with van der Waals surface area (Å²) in [5.74, 6) is -1.40. The van der Waals surface area contributed by atoms with E-state index in [1.807, 2.05) is 6.07 Å². The van der Waals surface area contributed by atoms with Crippen LogP contribution in [0, 0.1) is 0 Å². The first kappa shape index (κ1) is 22.0. The first-order valence-electron chi connectivity index (χ1n) is 11.1. The van der Waals surface area contributed by atoms with Crippen molar-refractivity contribution in [2.24, 2.45) is 0 Å². The van der Waals surface area contributed by atoms with E-state index in [-0.39, 0.29) is 17.5 Å². The van der Waals surface area contributed by atoms with Gasteiger partial charge < -0.3 is 5.32 Å². The maximum atomic E-state index is 13.4. The molecule has 1 aliphatic heterocycles. The standard InChI is InChI=1S/C26H21N5O4/c1-2-26(17-11-5-3-6-12-17)24(34)31(25(35)27-26)29-22(32)21-19-15-9-10-16-20(19)23(33)30(28-21)18-13-7-4-8-14-18/h3-16H,2H2,1H3,(H,27,35)(H,29,32). The Bertz CT molecular complexity index is 1520. The minimum Gasteiger partial charge on any atom is -0.318 e. The third-order valence-electron chi connectivity index (χ3n) is 6.12. The molecule has 35 heavy (non-hydrogen) atoms. The molecule has 4 amide bonds. The molecule has 9 nitrogen and oxygen atoms in total. The highest BCUT2D eigenvalue weighted by atomic mass is 16.2. The number of para-hydroxylation sites is 1. The first-order valence-corrected chi connectivity index (χ1v) is 11.1. The number of benzene rings is 3. The van der Waals surface area contributed by atoms with Gasteiger partial charge in [0.1, 0.15) is 5.54 Å². The Morgan fingerprint density at radius 2 is 1.49 bits per heavy atom. The van der Waals surface area contributed by atoms with Crippen LogP contribution in [0.25, 0.3) is 16.5 Å². The van der Waals surface area contributed by atoms with E-state index in [1.165, 1.54) is 0 Å². The van der Waals surface area contributed by atoms with Crippen LogP contribution < -0.4 is 16.3 Å². The lowest BCUT2D eigenvalue weighted by molar-refractivity contribution is -0.133. The average molecular weight is 467 g/mol. The molecule has 0 spiro atoms. The highest BCUT2D eigenvalue weighted by molar-refractivity contribution is 6.11. The number of nitrogens with zero attached hydrogens (tertiary/aromatic N) is 3. The van der Waals surface area contributed by atoms with Crippen LogP contribution >= 0.6 is 0 Å². The highest BCUT2D eigenvalue weighted by Gasteiger charge is 2.52. The van der Waals surface area contributed by atoms with Crippen LogP contribution in [0.15, 0.2) is 89.7 Å². The van der Waals surface area contributed by atoms with Crippen molar-refractivity contribution >= 4 is 28.6 Å². The maximum Gasteiger partial charge on any atom is 0.344 e. The lowest BCUT2D eigenvalue weighted by Gasteiger charge is -2.25. The van der Waals surface area contributed by atoms with E-state index >= 15 is 0 Å². The summed E-state index contributed by atoms with van der Waals surface area (Å²) >= 11 is 0. The van der Waals surface area contributed by atoms with Crippen molar-refractivity contribution in [1.29, 1.82) is 0 Å². The zero-order valence-corrected chi connectivity index (χ0v) is 18.8. The fraction of sp³-hybridized carbons (Fsp3) is 0.115. The van der Waals surface area contributed by atoms with Crippen molar-refractivity contribution in [2.75, 3.05) is 0 Å². The van der Waals surface area contributed by atoms with Crippen molar-refractivity contribution < 1.29 is 14.4 Å².